The molecule has 0 aromatic heterocycles. The minimum absolute atomic E-state index is 0.0930. The lowest BCUT2D eigenvalue weighted by Gasteiger charge is -2.39. The maximum Gasteiger partial charge on any atom is 0.327 e. The molecule has 1 fully saturated rings. The van der Waals surface area contributed by atoms with E-state index in [1.165, 1.54) is 0 Å². The highest BCUT2D eigenvalue weighted by Gasteiger charge is 2.36. The molecule has 30 heavy (non-hydrogen) atoms. The molecule has 0 saturated carbocycles. The number of aliphatic hydroxyl groups is 1. The molecule has 158 valence electrons. The van der Waals surface area contributed by atoms with E-state index in [0.29, 0.717) is 31.2 Å². The maximum atomic E-state index is 11.4. The Morgan fingerprint density at radius 1 is 1.17 bits per heavy atom. The molecule has 1 unspecified atom stereocenters. The fraction of sp³-hybridized carbons (Fsp3) is 0.333. The van der Waals surface area contributed by atoms with Gasteiger partial charge in [-0.05, 0) is 30.3 Å². The highest BCUT2D eigenvalue weighted by Crippen LogP contribution is 2.36. The van der Waals surface area contributed by atoms with E-state index in [9.17, 15) is 15.0 Å². The van der Waals surface area contributed by atoms with Crippen molar-refractivity contribution in [3.63, 3.8) is 0 Å². The largest absolute Gasteiger partial charge is 0.480 e. The highest BCUT2D eigenvalue weighted by atomic mass is 35.5. The second-order valence-electron chi connectivity index (χ2n) is 7.65. The molecule has 2 aromatic carbocycles. The summed E-state index contributed by atoms with van der Waals surface area (Å²) < 4.78 is 0. The summed E-state index contributed by atoms with van der Waals surface area (Å²) in [6, 6.07) is 13.6. The number of para-hydroxylation sites is 1. The number of anilines is 2. The summed E-state index contributed by atoms with van der Waals surface area (Å²) in [6.45, 7) is 2.03. The molecule has 2 heterocycles. The summed E-state index contributed by atoms with van der Waals surface area (Å²) >= 11 is 6.20. The van der Waals surface area contributed by atoms with Gasteiger partial charge in [-0.15, -0.1) is 0 Å². The van der Waals surface area contributed by atoms with Crippen molar-refractivity contribution in [1.82, 2.24) is 9.80 Å². The van der Waals surface area contributed by atoms with E-state index >= 15 is 0 Å². The number of amidine groups is 1. The van der Waals surface area contributed by atoms with Crippen LogP contribution < -0.4 is 11.1 Å². The zero-order valence-electron chi connectivity index (χ0n) is 16.4. The van der Waals surface area contributed by atoms with Crippen LogP contribution in [0.3, 0.4) is 0 Å². The van der Waals surface area contributed by atoms with Gasteiger partial charge in [-0.1, -0.05) is 23.7 Å². The van der Waals surface area contributed by atoms with Crippen LogP contribution in [0.1, 0.15) is 5.56 Å². The predicted octanol–water partition coefficient (Wildman–Crippen LogP) is 1.87. The van der Waals surface area contributed by atoms with Gasteiger partial charge in [0.2, 0.25) is 0 Å². The van der Waals surface area contributed by atoms with Gasteiger partial charge in [-0.25, -0.2) is 4.99 Å². The van der Waals surface area contributed by atoms with Gasteiger partial charge < -0.3 is 26.2 Å². The number of nitrogens with two attached hydrogens (primary N) is 1. The smallest absolute Gasteiger partial charge is 0.327 e. The zero-order chi connectivity index (χ0) is 21.3. The van der Waals surface area contributed by atoms with E-state index in [1.54, 1.807) is 0 Å². The van der Waals surface area contributed by atoms with Gasteiger partial charge in [0.1, 0.15) is 5.84 Å². The topological polar surface area (TPSA) is 114 Å². The number of halogens is 1. The lowest BCUT2D eigenvalue weighted by Crippen LogP contribution is -2.61. The zero-order valence-corrected chi connectivity index (χ0v) is 17.1. The third kappa shape index (κ3) is 3.99. The fourth-order valence-electron chi connectivity index (χ4n) is 3.75. The third-order valence-electron chi connectivity index (χ3n) is 5.51. The van der Waals surface area contributed by atoms with Crippen molar-refractivity contribution in [2.75, 3.05) is 44.6 Å². The Morgan fingerprint density at radius 3 is 2.60 bits per heavy atom. The number of benzene rings is 2. The van der Waals surface area contributed by atoms with Crippen LogP contribution >= 0.6 is 11.6 Å². The van der Waals surface area contributed by atoms with Crippen LogP contribution in [0.2, 0.25) is 5.02 Å². The van der Waals surface area contributed by atoms with Crippen LogP contribution in [0.4, 0.5) is 17.1 Å². The third-order valence-corrected chi connectivity index (χ3v) is 5.74. The average molecular weight is 430 g/mol. The Balaban J connectivity index is 1.58. The van der Waals surface area contributed by atoms with Crippen LogP contribution in [-0.2, 0) is 4.79 Å². The summed E-state index contributed by atoms with van der Waals surface area (Å²) in [5, 5.41) is 22.8. The monoisotopic (exact) mass is 429 g/mol. The minimum atomic E-state index is -1.66. The van der Waals surface area contributed by atoms with Gasteiger partial charge in [0.05, 0.1) is 18.0 Å². The molecule has 2 aliphatic rings. The molecule has 0 radical (unpaired) electrons. The second kappa shape index (κ2) is 8.23. The number of aliphatic hydroxyl groups excluding tert-OH is 1. The first-order valence-corrected chi connectivity index (χ1v) is 10.1. The Kier molecular flexibility index (Phi) is 5.66. The lowest BCUT2D eigenvalue weighted by atomic mass is 10.0. The van der Waals surface area contributed by atoms with Crippen LogP contribution in [0, 0.1) is 0 Å². The molecule has 4 rings (SSSR count). The van der Waals surface area contributed by atoms with Crippen molar-refractivity contribution in [2.24, 2.45) is 10.7 Å². The van der Waals surface area contributed by atoms with E-state index in [-0.39, 0.29) is 6.54 Å². The first-order valence-electron chi connectivity index (χ1n) is 9.75. The van der Waals surface area contributed by atoms with Crippen molar-refractivity contribution in [1.29, 1.82) is 0 Å². The van der Waals surface area contributed by atoms with Gasteiger partial charge in [0.15, 0.2) is 5.54 Å². The Labute approximate surface area is 179 Å². The number of hydrogen-bond donors (Lipinski definition) is 4. The van der Waals surface area contributed by atoms with Gasteiger partial charge in [-0.3, -0.25) is 9.69 Å². The van der Waals surface area contributed by atoms with Crippen LogP contribution in [-0.4, -0.2) is 76.7 Å². The van der Waals surface area contributed by atoms with E-state index in [0.717, 1.165) is 28.5 Å². The number of piperazine rings is 1. The van der Waals surface area contributed by atoms with E-state index < -0.39 is 18.1 Å². The minimum Gasteiger partial charge on any atom is -0.480 e. The van der Waals surface area contributed by atoms with E-state index in [2.05, 4.69) is 10.2 Å². The average Bonchev–Trinajstić information content (AvgIpc) is 2.90. The van der Waals surface area contributed by atoms with Crippen molar-refractivity contribution >= 4 is 40.5 Å². The highest BCUT2D eigenvalue weighted by molar-refractivity contribution is 6.31. The number of nitrogens with zero attached hydrogens (tertiary/aromatic N) is 3. The Hall–Kier alpha value is -2.65. The molecule has 0 spiro atoms. The molecule has 2 aliphatic heterocycles. The van der Waals surface area contributed by atoms with Gasteiger partial charge in [0, 0.05) is 49.0 Å². The number of carboxylic acids is 1. The number of nitrogens with one attached hydrogen (secondary N) is 1. The van der Waals surface area contributed by atoms with Gasteiger partial charge >= 0.3 is 5.97 Å². The number of carboxylic acid groups (broad SMARTS) is 1. The Morgan fingerprint density at radius 2 is 1.90 bits per heavy atom. The molecule has 1 saturated heterocycles. The number of carbonyl (C=O) groups is 1. The SMILES string of the molecule is NC(CO)(CN1CCN(C2=Nc3cc(Cl)ccc3Nc3ccccc32)CC1)C(=O)O. The van der Waals surface area contributed by atoms with Gasteiger partial charge in [0.25, 0.3) is 0 Å². The summed E-state index contributed by atoms with van der Waals surface area (Å²) in [7, 11) is 0. The van der Waals surface area contributed by atoms with E-state index in [1.807, 2.05) is 47.4 Å². The molecular weight excluding hydrogens is 406 g/mol. The standard InChI is InChI=1S/C21H24ClN5O3/c22-14-5-6-17-18(11-14)25-19(15-3-1-2-4-16(15)24-17)27-9-7-26(8-10-27)12-21(23,13-28)20(29)30/h1-6,11,24,28H,7-10,12-13,23H2,(H,29,30). The predicted molar refractivity (Wildman–Crippen MR) is 117 cm³/mol. The van der Waals surface area contributed by atoms with Crippen LogP contribution in [0.5, 0.6) is 0 Å². The summed E-state index contributed by atoms with van der Waals surface area (Å²) in [5.41, 5.74) is 7.80. The van der Waals surface area contributed by atoms with Crippen LogP contribution in [0.25, 0.3) is 0 Å². The molecule has 8 nitrogen and oxygen atoms in total. The van der Waals surface area contributed by atoms with Crippen molar-refractivity contribution in [3.05, 3.63) is 53.1 Å². The number of aliphatic carboxylic acids is 1. The number of aliphatic imine (C=N–C) groups is 1. The molecule has 5 N–H and O–H groups in total. The first-order chi connectivity index (χ1) is 14.4. The van der Waals surface area contributed by atoms with Crippen LogP contribution in [0.15, 0.2) is 47.5 Å². The summed E-state index contributed by atoms with van der Waals surface area (Å²) in [6.07, 6.45) is 0. The molecule has 2 aromatic rings. The summed E-state index contributed by atoms with van der Waals surface area (Å²) in [5.74, 6) is -0.354. The lowest BCUT2D eigenvalue weighted by molar-refractivity contribution is -0.146. The quantitative estimate of drug-likeness (QED) is 0.586. The summed E-state index contributed by atoms with van der Waals surface area (Å²) in [4.78, 5) is 20.5. The number of rotatable bonds is 4. The molecule has 1 atom stereocenters. The van der Waals surface area contributed by atoms with E-state index in [4.69, 9.17) is 22.3 Å². The fourth-order valence-corrected chi connectivity index (χ4v) is 3.92. The molecular formula is C21H24ClN5O3. The van der Waals surface area contributed by atoms with Crippen molar-refractivity contribution in [2.45, 2.75) is 5.54 Å². The van der Waals surface area contributed by atoms with Crippen molar-refractivity contribution in [3.8, 4) is 0 Å². The maximum absolute atomic E-state index is 11.4. The molecule has 0 amide bonds. The molecule has 0 aliphatic carbocycles. The number of hydrogen-bond acceptors (Lipinski definition) is 7. The second-order valence-corrected chi connectivity index (χ2v) is 8.09. The van der Waals surface area contributed by atoms with Gasteiger partial charge in [-0.2, -0.15) is 0 Å². The molecule has 0 bridgehead atoms. The van der Waals surface area contributed by atoms with Crippen molar-refractivity contribution < 1.29 is 15.0 Å². The first kappa shape index (κ1) is 20.6. The normalized spacial score (nSPS) is 18.4. The Bertz CT molecular complexity index is 990. The molecule has 9 heteroatoms. The number of fused-ring (bicyclic) bond motifs is 2.